The van der Waals surface area contributed by atoms with Gasteiger partial charge in [0.25, 0.3) is 5.56 Å². The number of rotatable bonds is 5. The smallest absolute Gasteiger partial charge is 0.259 e. The maximum absolute atomic E-state index is 12.3. The van der Waals surface area contributed by atoms with Crippen molar-refractivity contribution in [3.8, 4) is 22.9 Å². The van der Waals surface area contributed by atoms with Crippen molar-refractivity contribution in [2.45, 2.75) is 13.8 Å². The number of H-pyrrole nitrogens is 1. The van der Waals surface area contributed by atoms with Crippen LogP contribution < -0.4 is 15.0 Å². The van der Waals surface area contributed by atoms with Crippen molar-refractivity contribution in [2.75, 3.05) is 13.2 Å². The molecule has 0 bridgehead atoms. The van der Waals surface area contributed by atoms with E-state index >= 15 is 0 Å². The van der Waals surface area contributed by atoms with E-state index in [-0.39, 0.29) is 5.56 Å². The van der Waals surface area contributed by atoms with Crippen molar-refractivity contribution in [1.29, 1.82) is 0 Å². The lowest BCUT2D eigenvalue weighted by Gasteiger charge is -2.14. The fraction of sp³-hybridized carbons (Fsp3) is 0.222. The summed E-state index contributed by atoms with van der Waals surface area (Å²) < 4.78 is 11.2. The SMILES string of the molecule is CCOc1cc(-c2nc3ccccc3c(=O)[nH]2)cc(Cl)c1OCC. The van der Waals surface area contributed by atoms with Crippen LogP contribution in [0.4, 0.5) is 0 Å². The van der Waals surface area contributed by atoms with E-state index in [1.807, 2.05) is 19.9 Å². The zero-order chi connectivity index (χ0) is 17.1. The second-order valence-corrected chi connectivity index (χ2v) is 5.49. The predicted molar refractivity (Wildman–Crippen MR) is 95.1 cm³/mol. The molecule has 1 heterocycles. The molecule has 0 saturated carbocycles. The van der Waals surface area contributed by atoms with Crippen LogP contribution in [0.1, 0.15) is 13.8 Å². The normalized spacial score (nSPS) is 10.8. The summed E-state index contributed by atoms with van der Waals surface area (Å²) in [5.74, 6) is 1.45. The van der Waals surface area contributed by atoms with Crippen LogP contribution in [-0.2, 0) is 0 Å². The van der Waals surface area contributed by atoms with Gasteiger partial charge < -0.3 is 14.5 Å². The molecule has 5 nitrogen and oxygen atoms in total. The number of aromatic amines is 1. The summed E-state index contributed by atoms with van der Waals surface area (Å²) in [5, 5.41) is 0.955. The average Bonchev–Trinajstić information content (AvgIpc) is 2.58. The van der Waals surface area contributed by atoms with Crippen molar-refractivity contribution in [3.63, 3.8) is 0 Å². The first-order valence-electron chi connectivity index (χ1n) is 7.72. The summed E-state index contributed by atoms with van der Waals surface area (Å²) in [6.07, 6.45) is 0. The highest BCUT2D eigenvalue weighted by molar-refractivity contribution is 6.32. The van der Waals surface area contributed by atoms with Gasteiger partial charge in [-0.1, -0.05) is 23.7 Å². The molecule has 6 heteroatoms. The van der Waals surface area contributed by atoms with Gasteiger partial charge in [0.1, 0.15) is 5.82 Å². The van der Waals surface area contributed by atoms with Crippen molar-refractivity contribution in [3.05, 3.63) is 51.8 Å². The van der Waals surface area contributed by atoms with Crippen LogP contribution >= 0.6 is 11.6 Å². The van der Waals surface area contributed by atoms with Crippen LogP contribution in [0.2, 0.25) is 5.02 Å². The molecule has 0 aliphatic rings. The zero-order valence-corrected chi connectivity index (χ0v) is 14.2. The fourth-order valence-electron chi connectivity index (χ4n) is 2.48. The van der Waals surface area contributed by atoms with Gasteiger partial charge in [-0.15, -0.1) is 0 Å². The van der Waals surface area contributed by atoms with E-state index in [1.165, 1.54) is 0 Å². The Balaban J connectivity index is 2.17. The van der Waals surface area contributed by atoms with Crippen LogP contribution in [0, 0.1) is 0 Å². The molecule has 0 spiro atoms. The number of hydrogen-bond donors (Lipinski definition) is 1. The maximum Gasteiger partial charge on any atom is 0.259 e. The molecule has 0 atom stereocenters. The van der Waals surface area contributed by atoms with Gasteiger partial charge in [0, 0.05) is 5.56 Å². The molecule has 0 fully saturated rings. The van der Waals surface area contributed by atoms with Gasteiger partial charge in [-0.3, -0.25) is 4.79 Å². The molecular formula is C18H17ClN2O3. The third-order valence-electron chi connectivity index (χ3n) is 3.48. The van der Waals surface area contributed by atoms with Crippen LogP contribution in [0.3, 0.4) is 0 Å². The molecule has 3 rings (SSSR count). The van der Waals surface area contributed by atoms with E-state index in [9.17, 15) is 4.79 Å². The Morgan fingerprint density at radius 1 is 1.12 bits per heavy atom. The van der Waals surface area contributed by atoms with E-state index in [1.54, 1.807) is 30.3 Å². The lowest BCUT2D eigenvalue weighted by molar-refractivity contribution is 0.288. The van der Waals surface area contributed by atoms with E-state index in [0.29, 0.717) is 52.0 Å². The molecule has 0 saturated heterocycles. The molecule has 0 radical (unpaired) electrons. The molecule has 0 aliphatic carbocycles. The van der Waals surface area contributed by atoms with Gasteiger partial charge in [-0.05, 0) is 38.1 Å². The summed E-state index contributed by atoms with van der Waals surface area (Å²) in [4.78, 5) is 19.6. The summed E-state index contributed by atoms with van der Waals surface area (Å²) in [7, 11) is 0. The number of nitrogens with zero attached hydrogens (tertiary/aromatic N) is 1. The van der Waals surface area contributed by atoms with Gasteiger partial charge >= 0.3 is 0 Å². The standard InChI is InChI=1S/C18H17ClN2O3/c1-3-23-15-10-11(9-13(19)16(15)24-4-2)17-20-14-8-6-5-7-12(14)18(22)21-17/h5-10H,3-4H2,1-2H3,(H,20,21,22). The summed E-state index contributed by atoms with van der Waals surface area (Å²) in [6, 6.07) is 10.7. The molecule has 1 aromatic heterocycles. The van der Waals surface area contributed by atoms with Crippen molar-refractivity contribution in [2.24, 2.45) is 0 Å². The van der Waals surface area contributed by atoms with Gasteiger partial charge in [0.15, 0.2) is 11.5 Å². The Kier molecular flexibility index (Phi) is 4.71. The van der Waals surface area contributed by atoms with Crippen LogP contribution in [0.5, 0.6) is 11.5 Å². The molecule has 124 valence electrons. The second kappa shape index (κ2) is 6.93. The molecule has 3 aromatic rings. The monoisotopic (exact) mass is 344 g/mol. The largest absolute Gasteiger partial charge is 0.490 e. The van der Waals surface area contributed by atoms with Crippen LogP contribution in [0.25, 0.3) is 22.3 Å². The first kappa shape index (κ1) is 16.3. The molecular weight excluding hydrogens is 328 g/mol. The average molecular weight is 345 g/mol. The number of nitrogens with one attached hydrogen (secondary N) is 1. The quantitative estimate of drug-likeness (QED) is 0.758. The Labute approximate surface area is 144 Å². The van der Waals surface area contributed by atoms with Crippen molar-refractivity contribution in [1.82, 2.24) is 9.97 Å². The number of benzene rings is 2. The highest BCUT2D eigenvalue weighted by Gasteiger charge is 2.15. The van der Waals surface area contributed by atoms with Crippen LogP contribution in [-0.4, -0.2) is 23.2 Å². The first-order valence-corrected chi connectivity index (χ1v) is 8.10. The highest BCUT2D eigenvalue weighted by Crippen LogP contribution is 2.39. The lowest BCUT2D eigenvalue weighted by Crippen LogP contribution is -2.09. The lowest BCUT2D eigenvalue weighted by atomic mass is 10.1. The predicted octanol–water partition coefficient (Wildman–Crippen LogP) is 4.04. The van der Waals surface area contributed by atoms with Gasteiger partial charge in [0.05, 0.1) is 29.1 Å². The van der Waals surface area contributed by atoms with E-state index in [4.69, 9.17) is 21.1 Å². The Bertz CT molecular complexity index is 937. The number of aromatic nitrogens is 2. The van der Waals surface area contributed by atoms with E-state index < -0.39 is 0 Å². The topological polar surface area (TPSA) is 64.2 Å². The van der Waals surface area contributed by atoms with Crippen molar-refractivity contribution < 1.29 is 9.47 Å². The zero-order valence-electron chi connectivity index (χ0n) is 13.4. The molecule has 0 unspecified atom stereocenters. The minimum Gasteiger partial charge on any atom is -0.490 e. The third-order valence-corrected chi connectivity index (χ3v) is 3.77. The fourth-order valence-corrected chi connectivity index (χ4v) is 2.74. The number of halogens is 1. The van der Waals surface area contributed by atoms with Gasteiger partial charge in [0.2, 0.25) is 0 Å². The maximum atomic E-state index is 12.3. The number of fused-ring (bicyclic) bond motifs is 1. The number of para-hydroxylation sites is 1. The Morgan fingerprint density at radius 2 is 1.88 bits per heavy atom. The van der Waals surface area contributed by atoms with E-state index in [0.717, 1.165) is 0 Å². The molecule has 24 heavy (non-hydrogen) atoms. The molecule has 2 aromatic carbocycles. The second-order valence-electron chi connectivity index (χ2n) is 5.08. The molecule has 0 amide bonds. The van der Waals surface area contributed by atoms with Gasteiger partial charge in [-0.2, -0.15) is 0 Å². The van der Waals surface area contributed by atoms with Gasteiger partial charge in [-0.25, -0.2) is 4.98 Å². The first-order chi connectivity index (χ1) is 11.6. The Morgan fingerprint density at radius 3 is 2.62 bits per heavy atom. The minimum atomic E-state index is -0.196. The Hall–Kier alpha value is -2.53. The summed E-state index contributed by atoms with van der Waals surface area (Å²) in [5.41, 5.74) is 1.09. The third kappa shape index (κ3) is 3.08. The highest BCUT2D eigenvalue weighted by atomic mass is 35.5. The minimum absolute atomic E-state index is 0.196. The summed E-state index contributed by atoms with van der Waals surface area (Å²) >= 11 is 6.33. The molecule has 1 N–H and O–H groups in total. The number of hydrogen-bond acceptors (Lipinski definition) is 4. The molecule has 0 aliphatic heterocycles. The van der Waals surface area contributed by atoms with Crippen LogP contribution in [0.15, 0.2) is 41.2 Å². The van der Waals surface area contributed by atoms with Crippen molar-refractivity contribution >= 4 is 22.5 Å². The van der Waals surface area contributed by atoms with E-state index in [2.05, 4.69) is 9.97 Å². The summed E-state index contributed by atoms with van der Waals surface area (Å²) in [6.45, 7) is 4.71. The number of ether oxygens (including phenoxy) is 2.